The second-order valence-electron chi connectivity index (χ2n) is 7.76. The van der Waals surface area contributed by atoms with E-state index in [1.54, 1.807) is 6.26 Å². The molecule has 1 fully saturated rings. The Morgan fingerprint density at radius 2 is 1.97 bits per heavy atom. The van der Waals surface area contributed by atoms with Crippen molar-refractivity contribution in [3.63, 3.8) is 0 Å². The first-order valence-corrected chi connectivity index (χ1v) is 11.0. The van der Waals surface area contributed by atoms with Crippen LogP contribution in [0.3, 0.4) is 0 Å². The van der Waals surface area contributed by atoms with E-state index >= 15 is 0 Å². The van der Waals surface area contributed by atoms with Crippen molar-refractivity contribution in [2.75, 3.05) is 13.2 Å². The van der Waals surface area contributed by atoms with Gasteiger partial charge in [-0.3, -0.25) is 0 Å². The number of rotatable bonds is 9. The predicted molar refractivity (Wildman–Crippen MR) is 118 cm³/mol. The number of guanidine groups is 1. The van der Waals surface area contributed by atoms with Crippen LogP contribution >= 0.6 is 0 Å². The van der Waals surface area contributed by atoms with Crippen LogP contribution in [0.4, 0.5) is 0 Å². The summed E-state index contributed by atoms with van der Waals surface area (Å²) < 4.78 is 11.5. The highest BCUT2D eigenvalue weighted by atomic mass is 16.5. The molecule has 29 heavy (non-hydrogen) atoms. The molecule has 0 spiro atoms. The van der Waals surface area contributed by atoms with Crippen LogP contribution in [0.2, 0.25) is 0 Å². The van der Waals surface area contributed by atoms with Crippen LogP contribution in [-0.2, 0) is 17.7 Å². The summed E-state index contributed by atoms with van der Waals surface area (Å²) >= 11 is 0. The standard InChI is InChI=1S/C24H35N3O2/c1-3-20(4-2)23-17-21(13-16-29-23)27-24(25-14-12-22-11-8-15-28-22)26-18-19-9-6-5-7-10-19/h5-11,15,20-21,23H,3-4,12-14,16-18H2,1-2H3,(H2,25,26,27). The molecule has 5 heteroatoms. The molecule has 2 unspecified atom stereocenters. The van der Waals surface area contributed by atoms with Gasteiger partial charge in [0.1, 0.15) is 5.76 Å². The predicted octanol–water partition coefficient (Wildman–Crippen LogP) is 4.54. The SMILES string of the molecule is CCC(CC)C1CC(NC(=NCc2ccccc2)NCCc2ccco2)CCO1. The van der Waals surface area contributed by atoms with Crippen LogP contribution in [-0.4, -0.2) is 31.3 Å². The quantitative estimate of drug-likeness (QED) is 0.482. The molecule has 1 aromatic heterocycles. The highest BCUT2D eigenvalue weighted by Crippen LogP contribution is 2.25. The Labute approximate surface area is 174 Å². The first kappa shape index (κ1) is 21.4. The maximum Gasteiger partial charge on any atom is 0.191 e. The van der Waals surface area contributed by atoms with Crippen molar-refractivity contribution in [2.24, 2.45) is 10.9 Å². The first-order chi connectivity index (χ1) is 14.3. The molecule has 3 rings (SSSR count). The van der Waals surface area contributed by atoms with Gasteiger partial charge in [0.05, 0.1) is 18.9 Å². The number of nitrogens with one attached hydrogen (secondary N) is 2. The van der Waals surface area contributed by atoms with E-state index < -0.39 is 0 Å². The third-order valence-corrected chi connectivity index (χ3v) is 5.74. The molecule has 0 bridgehead atoms. The minimum Gasteiger partial charge on any atom is -0.469 e. The van der Waals surface area contributed by atoms with Gasteiger partial charge in [0.2, 0.25) is 0 Å². The molecule has 1 aliphatic rings. The zero-order valence-electron chi connectivity index (χ0n) is 17.8. The fourth-order valence-electron chi connectivity index (χ4n) is 3.96. The summed E-state index contributed by atoms with van der Waals surface area (Å²) in [7, 11) is 0. The lowest BCUT2D eigenvalue weighted by Gasteiger charge is -2.35. The molecule has 158 valence electrons. The second kappa shape index (κ2) is 11.7. The van der Waals surface area contributed by atoms with Crippen molar-refractivity contribution in [1.29, 1.82) is 0 Å². The minimum absolute atomic E-state index is 0.342. The summed E-state index contributed by atoms with van der Waals surface area (Å²) in [5.41, 5.74) is 1.21. The van der Waals surface area contributed by atoms with Gasteiger partial charge in [-0.05, 0) is 36.5 Å². The number of hydrogen-bond acceptors (Lipinski definition) is 3. The van der Waals surface area contributed by atoms with Crippen molar-refractivity contribution >= 4 is 5.96 Å². The molecule has 2 heterocycles. The average Bonchev–Trinajstić information content (AvgIpc) is 3.27. The second-order valence-corrected chi connectivity index (χ2v) is 7.76. The largest absolute Gasteiger partial charge is 0.469 e. The Morgan fingerprint density at radius 3 is 2.69 bits per heavy atom. The van der Waals surface area contributed by atoms with E-state index in [2.05, 4.69) is 48.7 Å². The van der Waals surface area contributed by atoms with Crippen LogP contribution in [0, 0.1) is 5.92 Å². The Kier molecular flexibility index (Phi) is 8.62. The summed E-state index contributed by atoms with van der Waals surface area (Å²) in [5.74, 6) is 2.49. The van der Waals surface area contributed by atoms with E-state index in [4.69, 9.17) is 14.1 Å². The number of ether oxygens (including phenoxy) is 1. The Hall–Kier alpha value is -2.27. The topological polar surface area (TPSA) is 58.8 Å². The molecule has 1 aliphatic heterocycles. The maximum atomic E-state index is 6.08. The zero-order valence-corrected chi connectivity index (χ0v) is 17.8. The van der Waals surface area contributed by atoms with Gasteiger partial charge in [-0.25, -0.2) is 4.99 Å². The molecule has 0 amide bonds. The van der Waals surface area contributed by atoms with E-state index in [1.165, 1.54) is 18.4 Å². The van der Waals surface area contributed by atoms with Gasteiger partial charge < -0.3 is 19.8 Å². The summed E-state index contributed by atoms with van der Waals surface area (Å²) in [4.78, 5) is 4.84. The van der Waals surface area contributed by atoms with Crippen LogP contribution in [0.25, 0.3) is 0 Å². The molecule has 1 aromatic carbocycles. The third-order valence-electron chi connectivity index (χ3n) is 5.74. The summed E-state index contributed by atoms with van der Waals surface area (Å²) in [5, 5.41) is 7.15. The molecular formula is C24H35N3O2. The fourth-order valence-corrected chi connectivity index (χ4v) is 3.96. The van der Waals surface area contributed by atoms with Crippen LogP contribution in [0.1, 0.15) is 50.9 Å². The summed E-state index contributed by atoms with van der Waals surface area (Å²) in [6.45, 7) is 6.79. The van der Waals surface area contributed by atoms with E-state index in [-0.39, 0.29) is 0 Å². The molecule has 0 radical (unpaired) electrons. The first-order valence-electron chi connectivity index (χ1n) is 11.0. The van der Waals surface area contributed by atoms with Crippen LogP contribution in [0.5, 0.6) is 0 Å². The normalized spacial score (nSPS) is 20.0. The Morgan fingerprint density at radius 1 is 1.14 bits per heavy atom. The van der Waals surface area contributed by atoms with Crippen molar-refractivity contribution in [3.8, 4) is 0 Å². The number of benzene rings is 1. The van der Waals surface area contributed by atoms with E-state index in [0.29, 0.717) is 24.6 Å². The van der Waals surface area contributed by atoms with Gasteiger partial charge >= 0.3 is 0 Å². The van der Waals surface area contributed by atoms with E-state index in [1.807, 2.05) is 18.2 Å². The smallest absolute Gasteiger partial charge is 0.191 e. The number of furan rings is 1. The zero-order chi connectivity index (χ0) is 20.3. The Balaban J connectivity index is 1.60. The molecule has 2 N–H and O–H groups in total. The fraction of sp³-hybridized carbons (Fsp3) is 0.542. The molecule has 5 nitrogen and oxygen atoms in total. The van der Waals surface area contributed by atoms with Crippen molar-refractivity contribution < 1.29 is 9.15 Å². The van der Waals surface area contributed by atoms with Gasteiger partial charge in [0.15, 0.2) is 5.96 Å². The summed E-state index contributed by atoms with van der Waals surface area (Å²) in [6.07, 6.45) is 7.29. The van der Waals surface area contributed by atoms with Crippen molar-refractivity contribution in [2.45, 2.75) is 64.6 Å². The van der Waals surface area contributed by atoms with Gasteiger partial charge in [-0.2, -0.15) is 0 Å². The summed E-state index contributed by atoms with van der Waals surface area (Å²) in [6, 6.07) is 14.7. The lowest BCUT2D eigenvalue weighted by molar-refractivity contribution is -0.0324. The molecular weight excluding hydrogens is 362 g/mol. The average molecular weight is 398 g/mol. The molecule has 2 atom stereocenters. The maximum absolute atomic E-state index is 6.08. The number of nitrogens with zero attached hydrogens (tertiary/aromatic N) is 1. The van der Waals surface area contributed by atoms with Gasteiger partial charge in [-0.1, -0.05) is 57.0 Å². The monoisotopic (exact) mass is 397 g/mol. The minimum atomic E-state index is 0.342. The van der Waals surface area contributed by atoms with E-state index in [0.717, 1.165) is 44.1 Å². The van der Waals surface area contributed by atoms with Crippen LogP contribution in [0.15, 0.2) is 58.1 Å². The van der Waals surface area contributed by atoms with Crippen molar-refractivity contribution in [1.82, 2.24) is 10.6 Å². The molecule has 0 saturated carbocycles. The number of hydrogen-bond donors (Lipinski definition) is 2. The molecule has 0 aliphatic carbocycles. The molecule has 2 aromatic rings. The molecule has 1 saturated heterocycles. The van der Waals surface area contributed by atoms with Crippen LogP contribution < -0.4 is 10.6 Å². The van der Waals surface area contributed by atoms with Gasteiger partial charge in [0, 0.05) is 25.6 Å². The number of aliphatic imine (C=N–C) groups is 1. The van der Waals surface area contributed by atoms with Gasteiger partial charge in [0.25, 0.3) is 0 Å². The lowest BCUT2D eigenvalue weighted by atomic mass is 9.89. The highest BCUT2D eigenvalue weighted by molar-refractivity contribution is 5.80. The van der Waals surface area contributed by atoms with Gasteiger partial charge in [-0.15, -0.1) is 0 Å². The highest BCUT2D eigenvalue weighted by Gasteiger charge is 2.28. The Bertz CT molecular complexity index is 711. The lowest BCUT2D eigenvalue weighted by Crippen LogP contribution is -2.48. The van der Waals surface area contributed by atoms with E-state index in [9.17, 15) is 0 Å². The third kappa shape index (κ3) is 6.93. The van der Waals surface area contributed by atoms with Crippen molar-refractivity contribution in [3.05, 3.63) is 60.1 Å².